The van der Waals surface area contributed by atoms with Gasteiger partial charge in [0.25, 0.3) is 0 Å². The summed E-state index contributed by atoms with van der Waals surface area (Å²) in [5.41, 5.74) is 0.0588. The number of carbonyl (C=O) groups excluding carboxylic acids is 1. The van der Waals surface area contributed by atoms with E-state index in [0.29, 0.717) is 6.54 Å². The molecule has 0 aliphatic carbocycles. The fraction of sp³-hybridized carbons (Fsp3) is 0.300. The van der Waals surface area contributed by atoms with Gasteiger partial charge in [-0.2, -0.15) is 0 Å². The monoisotopic (exact) mass is 199 g/mol. The summed E-state index contributed by atoms with van der Waals surface area (Å²) in [6, 6.07) is 2.80. The van der Waals surface area contributed by atoms with Gasteiger partial charge < -0.3 is 5.32 Å². The Balaban J connectivity index is 2.79. The molecule has 4 heteroatoms. The highest BCUT2D eigenvalue weighted by Crippen LogP contribution is 2.08. The van der Waals surface area contributed by atoms with Crippen LogP contribution in [0, 0.1) is 11.6 Å². The molecule has 0 heterocycles. The van der Waals surface area contributed by atoms with Gasteiger partial charge in [0, 0.05) is 11.6 Å². The van der Waals surface area contributed by atoms with E-state index in [4.69, 9.17) is 0 Å². The highest BCUT2D eigenvalue weighted by Gasteiger charge is 2.07. The minimum absolute atomic E-state index is 0.0588. The maximum absolute atomic E-state index is 12.7. The van der Waals surface area contributed by atoms with Crippen LogP contribution in [0.5, 0.6) is 0 Å². The van der Waals surface area contributed by atoms with Crippen LogP contribution in [-0.2, 0) is 0 Å². The van der Waals surface area contributed by atoms with E-state index in [0.717, 1.165) is 18.2 Å². The quantitative estimate of drug-likeness (QED) is 0.748. The van der Waals surface area contributed by atoms with Gasteiger partial charge in [0.05, 0.1) is 6.54 Å². The Kier molecular flexibility index (Phi) is 3.71. The lowest BCUT2D eigenvalue weighted by Gasteiger charge is -2.01. The van der Waals surface area contributed by atoms with E-state index in [9.17, 15) is 13.6 Å². The van der Waals surface area contributed by atoms with E-state index in [2.05, 4.69) is 5.32 Å². The number of ketones is 1. The zero-order valence-electron chi connectivity index (χ0n) is 7.81. The molecule has 14 heavy (non-hydrogen) atoms. The third-order valence-electron chi connectivity index (χ3n) is 1.72. The molecule has 0 radical (unpaired) electrons. The van der Waals surface area contributed by atoms with Gasteiger partial charge in [-0.3, -0.25) is 4.79 Å². The summed E-state index contributed by atoms with van der Waals surface area (Å²) in [6.07, 6.45) is 0. The molecule has 0 bridgehead atoms. The topological polar surface area (TPSA) is 29.1 Å². The Morgan fingerprint density at radius 1 is 1.29 bits per heavy atom. The highest BCUT2D eigenvalue weighted by molar-refractivity contribution is 5.97. The smallest absolute Gasteiger partial charge is 0.176 e. The molecule has 0 fully saturated rings. The number of hydrogen-bond donors (Lipinski definition) is 1. The summed E-state index contributed by atoms with van der Waals surface area (Å²) in [4.78, 5) is 11.3. The first-order chi connectivity index (χ1) is 6.63. The molecule has 0 spiro atoms. The van der Waals surface area contributed by atoms with Gasteiger partial charge in [-0.1, -0.05) is 6.92 Å². The fourth-order valence-electron chi connectivity index (χ4n) is 1.06. The molecule has 0 unspecified atom stereocenters. The molecule has 0 aromatic heterocycles. The van der Waals surface area contributed by atoms with Crippen molar-refractivity contribution in [1.82, 2.24) is 5.32 Å². The summed E-state index contributed by atoms with van der Waals surface area (Å²) in [6.45, 7) is 2.59. The molecule has 1 rings (SSSR count). The van der Waals surface area contributed by atoms with Crippen molar-refractivity contribution >= 4 is 5.78 Å². The molecule has 1 aromatic rings. The predicted molar refractivity (Wildman–Crippen MR) is 49.2 cm³/mol. The third-order valence-corrected chi connectivity index (χ3v) is 1.72. The van der Waals surface area contributed by atoms with Crippen LogP contribution in [0.1, 0.15) is 17.3 Å². The zero-order chi connectivity index (χ0) is 10.6. The average molecular weight is 199 g/mol. The second-order valence-corrected chi connectivity index (χ2v) is 2.86. The van der Waals surface area contributed by atoms with Crippen molar-refractivity contribution < 1.29 is 13.6 Å². The molecule has 1 N–H and O–H groups in total. The largest absolute Gasteiger partial charge is 0.310 e. The van der Waals surface area contributed by atoms with Crippen LogP contribution in [0.25, 0.3) is 0 Å². The van der Waals surface area contributed by atoms with Crippen LogP contribution in [0.15, 0.2) is 18.2 Å². The van der Waals surface area contributed by atoms with Crippen molar-refractivity contribution in [2.45, 2.75) is 6.92 Å². The first-order valence-electron chi connectivity index (χ1n) is 4.33. The highest BCUT2D eigenvalue weighted by atomic mass is 19.1. The van der Waals surface area contributed by atoms with Crippen molar-refractivity contribution in [3.8, 4) is 0 Å². The van der Waals surface area contributed by atoms with Gasteiger partial charge in [-0.15, -0.1) is 0 Å². The molecule has 76 valence electrons. The lowest BCUT2D eigenvalue weighted by Crippen LogP contribution is -2.22. The number of benzene rings is 1. The van der Waals surface area contributed by atoms with E-state index in [1.165, 1.54) is 0 Å². The lowest BCUT2D eigenvalue weighted by molar-refractivity contribution is 0.0991. The number of likely N-dealkylation sites (N-methyl/N-ethyl adjacent to an activating group) is 1. The van der Waals surface area contributed by atoms with E-state index in [-0.39, 0.29) is 17.9 Å². The van der Waals surface area contributed by atoms with Crippen LogP contribution < -0.4 is 5.32 Å². The summed E-state index contributed by atoms with van der Waals surface area (Å²) in [5.74, 6) is -1.78. The van der Waals surface area contributed by atoms with Gasteiger partial charge >= 0.3 is 0 Å². The molecule has 0 aliphatic heterocycles. The van der Waals surface area contributed by atoms with Gasteiger partial charge in [0.15, 0.2) is 5.78 Å². The summed E-state index contributed by atoms with van der Waals surface area (Å²) >= 11 is 0. The Morgan fingerprint density at radius 2 is 1.86 bits per heavy atom. The number of halogens is 2. The van der Waals surface area contributed by atoms with Gasteiger partial charge in [0.1, 0.15) is 11.6 Å². The first-order valence-corrected chi connectivity index (χ1v) is 4.33. The molecule has 0 saturated heterocycles. The second kappa shape index (κ2) is 4.81. The molecule has 0 aliphatic rings. The predicted octanol–water partition coefficient (Wildman–Crippen LogP) is 1.76. The molecule has 0 amide bonds. The Bertz CT molecular complexity index is 319. The van der Waals surface area contributed by atoms with Crippen LogP contribution in [0.2, 0.25) is 0 Å². The molecule has 1 aromatic carbocycles. The minimum atomic E-state index is -0.732. The Hall–Kier alpha value is -1.29. The number of Topliss-reactive ketones (excluding diaryl/α,β-unsaturated/α-hetero) is 1. The maximum atomic E-state index is 12.7. The van der Waals surface area contributed by atoms with Crippen molar-refractivity contribution in [3.05, 3.63) is 35.4 Å². The summed E-state index contributed by atoms with van der Waals surface area (Å²) < 4.78 is 25.4. The number of rotatable bonds is 4. The van der Waals surface area contributed by atoms with Crippen LogP contribution >= 0.6 is 0 Å². The molecular weight excluding hydrogens is 188 g/mol. The van der Waals surface area contributed by atoms with Gasteiger partial charge in [-0.25, -0.2) is 8.78 Å². The average Bonchev–Trinajstić information content (AvgIpc) is 2.12. The van der Waals surface area contributed by atoms with Crippen LogP contribution in [-0.4, -0.2) is 18.9 Å². The molecule has 0 atom stereocenters. The first kappa shape index (κ1) is 10.8. The van der Waals surface area contributed by atoms with E-state index in [1.54, 1.807) is 0 Å². The zero-order valence-corrected chi connectivity index (χ0v) is 7.81. The standard InChI is InChI=1S/C10H11F2NO/c1-2-13-6-10(14)7-3-8(11)5-9(12)4-7/h3-5,13H,2,6H2,1H3. The number of hydrogen-bond acceptors (Lipinski definition) is 2. The Labute approximate surface area is 80.9 Å². The fourth-order valence-corrected chi connectivity index (χ4v) is 1.06. The molecular formula is C10H11F2NO. The minimum Gasteiger partial charge on any atom is -0.310 e. The maximum Gasteiger partial charge on any atom is 0.176 e. The van der Waals surface area contributed by atoms with Crippen molar-refractivity contribution in [2.75, 3.05) is 13.1 Å². The van der Waals surface area contributed by atoms with E-state index in [1.807, 2.05) is 6.92 Å². The number of carbonyl (C=O) groups is 1. The number of nitrogens with one attached hydrogen (secondary N) is 1. The SMILES string of the molecule is CCNCC(=O)c1cc(F)cc(F)c1. The lowest BCUT2D eigenvalue weighted by atomic mass is 10.1. The summed E-state index contributed by atoms with van der Waals surface area (Å²) in [5, 5.41) is 2.79. The van der Waals surface area contributed by atoms with Crippen LogP contribution in [0.4, 0.5) is 8.78 Å². The van der Waals surface area contributed by atoms with E-state index >= 15 is 0 Å². The van der Waals surface area contributed by atoms with Crippen molar-refractivity contribution in [3.63, 3.8) is 0 Å². The normalized spacial score (nSPS) is 10.2. The summed E-state index contributed by atoms with van der Waals surface area (Å²) in [7, 11) is 0. The molecule has 0 saturated carbocycles. The third kappa shape index (κ3) is 2.88. The van der Waals surface area contributed by atoms with Crippen molar-refractivity contribution in [2.24, 2.45) is 0 Å². The van der Waals surface area contributed by atoms with Gasteiger partial charge in [-0.05, 0) is 18.7 Å². The van der Waals surface area contributed by atoms with Gasteiger partial charge in [0.2, 0.25) is 0 Å². The second-order valence-electron chi connectivity index (χ2n) is 2.86. The Morgan fingerprint density at radius 3 is 2.36 bits per heavy atom. The van der Waals surface area contributed by atoms with E-state index < -0.39 is 11.6 Å². The van der Waals surface area contributed by atoms with Crippen molar-refractivity contribution in [1.29, 1.82) is 0 Å². The molecule has 2 nitrogen and oxygen atoms in total. The van der Waals surface area contributed by atoms with Crippen LogP contribution in [0.3, 0.4) is 0 Å².